The van der Waals surface area contributed by atoms with Crippen LogP contribution < -0.4 is 4.90 Å². The Balaban J connectivity index is 1.83. The minimum Gasteiger partial charge on any atom is -0.478 e. The lowest BCUT2D eigenvalue weighted by molar-refractivity contribution is -0.121. The van der Waals surface area contributed by atoms with Crippen molar-refractivity contribution in [3.63, 3.8) is 0 Å². The summed E-state index contributed by atoms with van der Waals surface area (Å²) in [6, 6.07) is 13.8. The summed E-state index contributed by atoms with van der Waals surface area (Å²) in [5, 5.41) is 8.65. The number of thioether (sulfide) groups is 1. The number of imide groups is 1. The van der Waals surface area contributed by atoms with Gasteiger partial charge in [-0.3, -0.25) is 9.59 Å². The van der Waals surface area contributed by atoms with Gasteiger partial charge in [-0.1, -0.05) is 31.2 Å². The number of hydrogen-bond acceptors (Lipinski definition) is 4. The van der Waals surface area contributed by atoms with Crippen molar-refractivity contribution in [3.8, 4) is 0 Å². The molecule has 2 aromatic carbocycles. The molecule has 0 aromatic heterocycles. The number of aryl methyl sites for hydroxylation is 1. The first kappa shape index (κ1) is 17.2. The molecule has 1 saturated heterocycles. The van der Waals surface area contributed by atoms with E-state index in [1.807, 2.05) is 19.1 Å². The number of amides is 2. The van der Waals surface area contributed by atoms with Crippen LogP contribution in [-0.2, 0) is 16.0 Å². The SMILES string of the molecule is CCc1ccc(N2C(=O)C[C@H](Sc3ccccc3C(=O)O)C2=O)cc1. The zero-order chi connectivity index (χ0) is 18.0. The number of aromatic carboxylic acids is 1. The van der Waals surface area contributed by atoms with E-state index in [0.717, 1.165) is 23.7 Å². The Kier molecular flexibility index (Phi) is 4.90. The third-order valence-electron chi connectivity index (χ3n) is 4.09. The maximum absolute atomic E-state index is 12.7. The predicted octanol–water partition coefficient (Wildman–Crippen LogP) is 3.37. The van der Waals surface area contributed by atoms with Crippen molar-refractivity contribution < 1.29 is 19.5 Å². The minimum absolute atomic E-state index is 0.0625. The van der Waals surface area contributed by atoms with E-state index in [1.165, 1.54) is 11.0 Å². The van der Waals surface area contributed by atoms with Gasteiger partial charge in [0.15, 0.2) is 0 Å². The molecule has 1 aliphatic rings. The average Bonchev–Trinajstić information content (AvgIpc) is 2.89. The normalized spacial score (nSPS) is 17.2. The van der Waals surface area contributed by atoms with Crippen LogP contribution in [0.25, 0.3) is 0 Å². The number of carbonyl (C=O) groups is 3. The van der Waals surface area contributed by atoms with Crippen molar-refractivity contribution in [1.29, 1.82) is 0 Å². The van der Waals surface area contributed by atoms with Gasteiger partial charge in [0, 0.05) is 11.3 Å². The highest BCUT2D eigenvalue weighted by Crippen LogP contribution is 2.35. The summed E-state index contributed by atoms with van der Waals surface area (Å²) < 4.78 is 0. The fraction of sp³-hybridized carbons (Fsp3) is 0.211. The van der Waals surface area contributed by atoms with Crippen LogP contribution in [0, 0.1) is 0 Å². The molecule has 0 aliphatic carbocycles. The number of rotatable bonds is 5. The summed E-state index contributed by atoms with van der Waals surface area (Å²) in [4.78, 5) is 38.0. The molecule has 6 heteroatoms. The third kappa shape index (κ3) is 3.44. The van der Waals surface area contributed by atoms with Crippen molar-refractivity contribution in [2.24, 2.45) is 0 Å². The summed E-state index contributed by atoms with van der Waals surface area (Å²) in [6.07, 6.45) is 0.944. The quantitative estimate of drug-likeness (QED) is 0.833. The van der Waals surface area contributed by atoms with E-state index < -0.39 is 11.2 Å². The Morgan fingerprint density at radius 3 is 2.48 bits per heavy atom. The first-order valence-electron chi connectivity index (χ1n) is 7.96. The first-order valence-corrected chi connectivity index (χ1v) is 8.84. The molecule has 2 aromatic rings. The van der Waals surface area contributed by atoms with Crippen LogP contribution in [0.15, 0.2) is 53.4 Å². The lowest BCUT2D eigenvalue weighted by Crippen LogP contribution is -2.31. The fourth-order valence-electron chi connectivity index (χ4n) is 2.75. The largest absolute Gasteiger partial charge is 0.478 e. The van der Waals surface area contributed by atoms with E-state index in [9.17, 15) is 19.5 Å². The second-order valence-corrected chi connectivity index (χ2v) is 6.94. The maximum atomic E-state index is 12.7. The number of carboxylic acid groups (broad SMARTS) is 1. The molecule has 1 heterocycles. The van der Waals surface area contributed by atoms with Gasteiger partial charge in [-0.2, -0.15) is 0 Å². The van der Waals surface area contributed by atoms with Crippen LogP contribution in [-0.4, -0.2) is 28.1 Å². The Labute approximate surface area is 149 Å². The van der Waals surface area contributed by atoms with Crippen LogP contribution >= 0.6 is 11.8 Å². The molecule has 1 atom stereocenters. The minimum atomic E-state index is -1.05. The molecule has 0 radical (unpaired) electrons. The van der Waals surface area contributed by atoms with E-state index >= 15 is 0 Å². The predicted molar refractivity (Wildman–Crippen MR) is 96.0 cm³/mol. The second kappa shape index (κ2) is 7.11. The van der Waals surface area contributed by atoms with Gasteiger partial charge in [0.1, 0.15) is 0 Å². The van der Waals surface area contributed by atoms with E-state index in [0.29, 0.717) is 10.6 Å². The van der Waals surface area contributed by atoms with Crippen LogP contribution in [0.2, 0.25) is 0 Å². The van der Waals surface area contributed by atoms with Gasteiger partial charge >= 0.3 is 5.97 Å². The molecule has 25 heavy (non-hydrogen) atoms. The van der Waals surface area contributed by atoms with Crippen LogP contribution in [0.5, 0.6) is 0 Å². The average molecular weight is 355 g/mol. The molecule has 2 amide bonds. The molecule has 0 unspecified atom stereocenters. The van der Waals surface area contributed by atoms with E-state index in [4.69, 9.17) is 0 Å². The van der Waals surface area contributed by atoms with Gasteiger partial charge in [0.2, 0.25) is 11.8 Å². The van der Waals surface area contributed by atoms with Crippen molar-refractivity contribution in [2.45, 2.75) is 29.9 Å². The summed E-state index contributed by atoms with van der Waals surface area (Å²) in [5.41, 5.74) is 1.82. The van der Waals surface area contributed by atoms with Gasteiger partial charge in [-0.25, -0.2) is 9.69 Å². The van der Waals surface area contributed by atoms with Gasteiger partial charge in [0.25, 0.3) is 0 Å². The molecular formula is C19H17NO4S. The highest BCUT2D eigenvalue weighted by molar-refractivity contribution is 8.00. The summed E-state index contributed by atoms with van der Waals surface area (Å²) >= 11 is 1.13. The summed E-state index contributed by atoms with van der Waals surface area (Å²) in [7, 11) is 0. The molecule has 0 bridgehead atoms. The second-order valence-electron chi connectivity index (χ2n) is 5.70. The highest BCUT2D eigenvalue weighted by Gasteiger charge is 2.40. The third-order valence-corrected chi connectivity index (χ3v) is 5.36. The molecule has 0 saturated carbocycles. The van der Waals surface area contributed by atoms with E-state index in [1.54, 1.807) is 30.3 Å². The van der Waals surface area contributed by atoms with E-state index in [-0.39, 0.29) is 23.8 Å². The standard InChI is InChI=1S/C19H17NO4S/c1-2-12-7-9-13(10-8-12)20-17(21)11-16(18(20)22)25-15-6-4-3-5-14(15)19(23)24/h3-10,16H,2,11H2,1H3,(H,23,24)/t16-/m0/s1. The lowest BCUT2D eigenvalue weighted by atomic mass is 10.1. The topological polar surface area (TPSA) is 74.7 Å². The molecular weight excluding hydrogens is 338 g/mol. The molecule has 0 spiro atoms. The van der Waals surface area contributed by atoms with E-state index in [2.05, 4.69) is 0 Å². The molecule has 3 rings (SSSR count). The van der Waals surface area contributed by atoms with Crippen LogP contribution in [0.3, 0.4) is 0 Å². The maximum Gasteiger partial charge on any atom is 0.336 e. The fourth-order valence-corrected chi connectivity index (χ4v) is 3.93. The Morgan fingerprint density at radius 2 is 1.84 bits per heavy atom. The zero-order valence-corrected chi connectivity index (χ0v) is 14.5. The Hall–Kier alpha value is -2.60. The van der Waals surface area contributed by atoms with Gasteiger partial charge in [-0.15, -0.1) is 11.8 Å². The number of benzene rings is 2. The number of nitrogens with zero attached hydrogens (tertiary/aromatic N) is 1. The van der Waals surface area contributed by atoms with Crippen LogP contribution in [0.4, 0.5) is 5.69 Å². The number of anilines is 1. The smallest absolute Gasteiger partial charge is 0.336 e. The van der Waals surface area contributed by atoms with Crippen molar-refractivity contribution in [3.05, 3.63) is 59.7 Å². The molecule has 128 valence electrons. The zero-order valence-electron chi connectivity index (χ0n) is 13.6. The molecule has 1 N–H and O–H groups in total. The summed E-state index contributed by atoms with van der Waals surface area (Å²) in [5.74, 6) is -1.62. The van der Waals surface area contributed by atoms with Crippen molar-refractivity contribution >= 4 is 35.2 Å². The van der Waals surface area contributed by atoms with Crippen LogP contribution in [0.1, 0.15) is 29.3 Å². The van der Waals surface area contributed by atoms with Gasteiger partial charge in [0.05, 0.1) is 16.5 Å². The summed E-state index contributed by atoms with van der Waals surface area (Å²) in [6.45, 7) is 2.04. The van der Waals surface area contributed by atoms with Gasteiger partial charge < -0.3 is 5.11 Å². The Bertz CT molecular complexity index is 832. The Morgan fingerprint density at radius 1 is 1.16 bits per heavy atom. The van der Waals surface area contributed by atoms with Crippen molar-refractivity contribution in [1.82, 2.24) is 0 Å². The highest BCUT2D eigenvalue weighted by atomic mass is 32.2. The first-order chi connectivity index (χ1) is 12.0. The monoisotopic (exact) mass is 355 g/mol. The lowest BCUT2D eigenvalue weighted by Gasteiger charge is -2.15. The van der Waals surface area contributed by atoms with Crippen molar-refractivity contribution in [2.75, 3.05) is 4.90 Å². The molecule has 5 nitrogen and oxygen atoms in total. The molecule has 1 aliphatic heterocycles. The number of hydrogen-bond donors (Lipinski definition) is 1. The van der Waals surface area contributed by atoms with Gasteiger partial charge in [-0.05, 0) is 36.2 Å². The molecule has 1 fully saturated rings. The number of carboxylic acids is 1. The number of carbonyl (C=O) groups excluding carboxylic acids is 2.